The first-order valence-corrected chi connectivity index (χ1v) is 6.75. The number of carboxylic acids is 1. The lowest BCUT2D eigenvalue weighted by molar-refractivity contribution is -0.145. The molecule has 0 spiro atoms. The van der Waals surface area contributed by atoms with E-state index < -0.39 is 29.7 Å². The van der Waals surface area contributed by atoms with E-state index in [9.17, 15) is 22.8 Å². The summed E-state index contributed by atoms with van der Waals surface area (Å²) in [6.45, 7) is 2.27. The number of aliphatic carboxylic acids is 1. The number of likely N-dealkylation sites (tertiary alicyclic amines) is 1. The average Bonchev–Trinajstić information content (AvgIpc) is 2.45. The summed E-state index contributed by atoms with van der Waals surface area (Å²) in [6.07, 6.45) is -3.31. The molecule has 8 heteroatoms. The molecule has 1 aromatic rings. The molecule has 22 heavy (non-hydrogen) atoms. The first-order chi connectivity index (χ1) is 10.2. The largest absolute Gasteiger partial charge is 0.481 e. The Hall–Kier alpha value is -2.12. The van der Waals surface area contributed by atoms with Crippen molar-refractivity contribution in [2.45, 2.75) is 19.5 Å². The molecule has 0 aliphatic carbocycles. The first kappa shape index (κ1) is 16.3. The molecule has 2 unspecified atom stereocenters. The van der Waals surface area contributed by atoms with Crippen LogP contribution in [0.4, 0.5) is 13.2 Å². The second-order valence-corrected chi connectivity index (χ2v) is 5.39. The van der Waals surface area contributed by atoms with Crippen LogP contribution < -0.4 is 0 Å². The fraction of sp³-hybridized carbons (Fsp3) is 0.500. The third-order valence-corrected chi connectivity index (χ3v) is 3.81. The second kappa shape index (κ2) is 5.94. The van der Waals surface area contributed by atoms with Crippen LogP contribution in [0.2, 0.25) is 0 Å². The Balaban J connectivity index is 2.08. The Morgan fingerprint density at radius 1 is 1.36 bits per heavy atom. The number of carboxylic acid groups (broad SMARTS) is 1. The van der Waals surface area contributed by atoms with E-state index in [1.807, 2.05) is 0 Å². The van der Waals surface area contributed by atoms with Crippen LogP contribution in [0.3, 0.4) is 0 Å². The number of alkyl halides is 3. The molecule has 5 nitrogen and oxygen atoms in total. The van der Waals surface area contributed by atoms with Crippen LogP contribution >= 0.6 is 0 Å². The van der Waals surface area contributed by atoms with E-state index in [2.05, 4.69) is 4.98 Å². The summed E-state index contributed by atoms with van der Waals surface area (Å²) in [7, 11) is 0. The maximum atomic E-state index is 12.4. The number of pyridine rings is 1. The summed E-state index contributed by atoms with van der Waals surface area (Å²) in [5.74, 6) is -2.04. The molecule has 1 amide bonds. The number of aromatic nitrogens is 1. The summed E-state index contributed by atoms with van der Waals surface area (Å²) in [5, 5.41) is 9.04. The standard InChI is InChI=1S/C14H15F3N2O3/c1-8-7-19(5-4-10(8)13(21)22)12(20)9-2-3-11(18-6-9)14(15,16)17/h2-3,6,8,10H,4-5,7H2,1H3,(H,21,22). The van der Waals surface area contributed by atoms with Crippen molar-refractivity contribution in [2.75, 3.05) is 13.1 Å². The third kappa shape index (κ3) is 3.37. The predicted molar refractivity (Wildman–Crippen MR) is 70.0 cm³/mol. The lowest BCUT2D eigenvalue weighted by Gasteiger charge is -2.34. The molecular formula is C14H15F3N2O3. The minimum Gasteiger partial charge on any atom is -0.481 e. The molecule has 2 rings (SSSR count). The minimum atomic E-state index is -4.55. The van der Waals surface area contributed by atoms with Crippen LogP contribution in [0.5, 0.6) is 0 Å². The lowest BCUT2D eigenvalue weighted by Crippen LogP contribution is -2.45. The molecule has 1 saturated heterocycles. The van der Waals surface area contributed by atoms with Crippen molar-refractivity contribution >= 4 is 11.9 Å². The van der Waals surface area contributed by atoms with Crippen molar-refractivity contribution in [3.8, 4) is 0 Å². The SMILES string of the molecule is CC1CN(C(=O)c2ccc(C(F)(F)F)nc2)CCC1C(=O)O. The van der Waals surface area contributed by atoms with Crippen molar-refractivity contribution < 1.29 is 27.9 Å². The zero-order valence-electron chi connectivity index (χ0n) is 11.8. The van der Waals surface area contributed by atoms with E-state index in [4.69, 9.17) is 5.11 Å². The lowest BCUT2D eigenvalue weighted by atomic mass is 9.87. The number of nitrogens with zero attached hydrogens (tertiary/aromatic N) is 2. The normalized spacial score (nSPS) is 22.5. The maximum absolute atomic E-state index is 12.4. The average molecular weight is 316 g/mol. The van der Waals surface area contributed by atoms with Gasteiger partial charge in [0.2, 0.25) is 0 Å². The Morgan fingerprint density at radius 2 is 2.05 bits per heavy atom. The number of amides is 1. The highest BCUT2D eigenvalue weighted by atomic mass is 19.4. The molecule has 0 aromatic carbocycles. The van der Waals surface area contributed by atoms with Crippen LogP contribution in [0, 0.1) is 11.8 Å². The van der Waals surface area contributed by atoms with Gasteiger partial charge in [0.05, 0.1) is 11.5 Å². The number of halogens is 3. The van der Waals surface area contributed by atoms with Gasteiger partial charge in [-0.15, -0.1) is 0 Å². The smallest absolute Gasteiger partial charge is 0.433 e. The van der Waals surface area contributed by atoms with Gasteiger partial charge in [0.1, 0.15) is 5.69 Å². The van der Waals surface area contributed by atoms with Gasteiger partial charge in [0, 0.05) is 19.3 Å². The number of rotatable bonds is 2. The highest BCUT2D eigenvalue weighted by molar-refractivity contribution is 5.94. The van der Waals surface area contributed by atoms with E-state index in [1.54, 1.807) is 6.92 Å². The Labute approximate surface area is 124 Å². The van der Waals surface area contributed by atoms with Gasteiger partial charge in [-0.3, -0.25) is 14.6 Å². The van der Waals surface area contributed by atoms with Gasteiger partial charge >= 0.3 is 12.1 Å². The molecule has 1 aliphatic heterocycles. The van der Waals surface area contributed by atoms with Crippen molar-refractivity contribution in [3.05, 3.63) is 29.6 Å². The monoisotopic (exact) mass is 316 g/mol. The van der Waals surface area contributed by atoms with Crippen molar-refractivity contribution in [1.82, 2.24) is 9.88 Å². The molecular weight excluding hydrogens is 301 g/mol. The maximum Gasteiger partial charge on any atom is 0.433 e. The molecule has 0 radical (unpaired) electrons. The molecule has 2 atom stereocenters. The van der Waals surface area contributed by atoms with Crippen LogP contribution in [0.15, 0.2) is 18.3 Å². The topological polar surface area (TPSA) is 70.5 Å². The predicted octanol–water partition coefficient (Wildman–Crippen LogP) is 2.28. The van der Waals surface area contributed by atoms with Gasteiger partial charge in [0.15, 0.2) is 0 Å². The summed E-state index contributed by atoms with van der Waals surface area (Å²) >= 11 is 0. The van der Waals surface area contributed by atoms with Crippen LogP contribution in [0.25, 0.3) is 0 Å². The Morgan fingerprint density at radius 3 is 2.50 bits per heavy atom. The summed E-state index contributed by atoms with van der Waals surface area (Å²) < 4.78 is 37.3. The van der Waals surface area contributed by atoms with E-state index in [0.29, 0.717) is 6.42 Å². The number of piperidine rings is 1. The molecule has 120 valence electrons. The zero-order valence-corrected chi connectivity index (χ0v) is 11.8. The van der Waals surface area contributed by atoms with E-state index in [-0.39, 0.29) is 24.6 Å². The zero-order chi connectivity index (χ0) is 16.5. The number of carbonyl (C=O) groups is 2. The fourth-order valence-electron chi connectivity index (χ4n) is 2.57. The Bertz CT molecular complexity index is 572. The van der Waals surface area contributed by atoms with Gasteiger partial charge in [0.25, 0.3) is 5.91 Å². The molecule has 2 heterocycles. The summed E-state index contributed by atoms with van der Waals surface area (Å²) in [5.41, 5.74) is -0.990. The Kier molecular flexibility index (Phi) is 4.39. The van der Waals surface area contributed by atoms with E-state index in [0.717, 1.165) is 18.3 Å². The van der Waals surface area contributed by atoms with Gasteiger partial charge < -0.3 is 10.0 Å². The number of carbonyl (C=O) groups excluding carboxylic acids is 1. The van der Waals surface area contributed by atoms with Crippen molar-refractivity contribution in [1.29, 1.82) is 0 Å². The highest BCUT2D eigenvalue weighted by Gasteiger charge is 2.34. The molecule has 1 N–H and O–H groups in total. The highest BCUT2D eigenvalue weighted by Crippen LogP contribution is 2.28. The molecule has 1 aliphatic rings. The van der Waals surface area contributed by atoms with Crippen LogP contribution in [-0.2, 0) is 11.0 Å². The van der Waals surface area contributed by atoms with Crippen molar-refractivity contribution in [2.24, 2.45) is 11.8 Å². The molecule has 0 saturated carbocycles. The molecule has 1 fully saturated rings. The summed E-state index contributed by atoms with van der Waals surface area (Å²) in [6, 6.07) is 1.85. The van der Waals surface area contributed by atoms with Gasteiger partial charge in [-0.05, 0) is 24.5 Å². The third-order valence-electron chi connectivity index (χ3n) is 3.81. The van der Waals surface area contributed by atoms with Crippen LogP contribution in [0.1, 0.15) is 29.4 Å². The fourth-order valence-corrected chi connectivity index (χ4v) is 2.57. The van der Waals surface area contributed by atoms with E-state index >= 15 is 0 Å². The minimum absolute atomic E-state index is 0.0639. The molecule has 1 aromatic heterocycles. The van der Waals surface area contributed by atoms with Crippen LogP contribution in [-0.4, -0.2) is 40.0 Å². The van der Waals surface area contributed by atoms with Gasteiger partial charge in [-0.25, -0.2) is 0 Å². The van der Waals surface area contributed by atoms with Gasteiger partial charge in [-0.2, -0.15) is 13.2 Å². The van der Waals surface area contributed by atoms with E-state index in [1.165, 1.54) is 4.90 Å². The first-order valence-electron chi connectivity index (χ1n) is 6.75. The molecule has 0 bridgehead atoms. The number of hydrogen-bond acceptors (Lipinski definition) is 3. The summed E-state index contributed by atoms with van der Waals surface area (Å²) in [4.78, 5) is 28.0. The second-order valence-electron chi connectivity index (χ2n) is 5.39. The quantitative estimate of drug-likeness (QED) is 0.909. The number of hydrogen-bond donors (Lipinski definition) is 1. The van der Waals surface area contributed by atoms with Gasteiger partial charge in [-0.1, -0.05) is 6.92 Å². The van der Waals surface area contributed by atoms with Crippen molar-refractivity contribution in [3.63, 3.8) is 0 Å².